The molecule has 0 bridgehead atoms. The molecule has 1 aromatic heterocycles. The number of hydrogen-bond donors (Lipinski definition) is 0. The van der Waals surface area contributed by atoms with E-state index < -0.39 is 0 Å². The van der Waals surface area contributed by atoms with Crippen LogP contribution in [0, 0.1) is 0 Å². The Bertz CT molecular complexity index is 1570. The summed E-state index contributed by atoms with van der Waals surface area (Å²) in [6, 6.07) is 27.7. The predicted octanol–water partition coefficient (Wildman–Crippen LogP) is 6.60. The number of carbonyl (C=O) groups excluding carboxylic acids is 1. The van der Waals surface area contributed by atoms with Crippen LogP contribution < -0.4 is 0 Å². The SMILES string of the molecule is O=C1C(c2ccccc2)=C(c2ccccc2)C2=C/C(=C(/Br)c3cnc4ccccc4n3)C=CN12. The zero-order chi connectivity index (χ0) is 23.1. The van der Waals surface area contributed by atoms with Crippen LogP contribution in [-0.2, 0) is 4.79 Å². The summed E-state index contributed by atoms with van der Waals surface area (Å²) in [5.74, 6) is -0.0341. The number of hydrogen-bond acceptors (Lipinski definition) is 3. The summed E-state index contributed by atoms with van der Waals surface area (Å²) >= 11 is 3.74. The number of benzene rings is 3. The second-order valence-electron chi connectivity index (χ2n) is 8.02. The van der Waals surface area contributed by atoms with Crippen molar-refractivity contribution in [3.05, 3.63) is 138 Å². The van der Waals surface area contributed by atoms with E-state index in [0.29, 0.717) is 5.57 Å². The molecule has 4 aromatic rings. The van der Waals surface area contributed by atoms with Crippen molar-refractivity contribution in [3.8, 4) is 0 Å². The van der Waals surface area contributed by atoms with Crippen molar-refractivity contribution < 1.29 is 4.79 Å². The molecule has 5 heteroatoms. The molecular weight excluding hydrogens is 486 g/mol. The van der Waals surface area contributed by atoms with E-state index in [1.807, 2.05) is 103 Å². The van der Waals surface area contributed by atoms with Gasteiger partial charge in [-0.3, -0.25) is 14.7 Å². The second kappa shape index (κ2) is 8.36. The molecule has 1 amide bonds. The van der Waals surface area contributed by atoms with E-state index in [2.05, 4.69) is 20.9 Å². The molecule has 0 spiro atoms. The van der Waals surface area contributed by atoms with Crippen molar-refractivity contribution in [2.45, 2.75) is 0 Å². The average molecular weight is 504 g/mol. The van der Waals surface area contributed by atoms with Crippen LogP contribution in [0.25, 0.3) is 26.7 Å². The molecule has 6 rings (SSSR count). The summed E-state index contributed by atoms with van der Waals surface area (Å²) < 4.78 is 0.821. The maximum absolute atomic E-state index is 13.5. The lowest BCUT2D eigenvalue weighted by Crippen LogP contribution is -2.21. The number of amides is 1. The van der Waals surface area contributed by atoms with E-state index in [4.69, 9.17) is 4.98 Å². The number of rotatable bonds is 3. The summed E-state index contributed by atoms with van der Waals surface area (Å²) in [4.78, 5) is 24.6. The van der Waals surface area contributed by atoms with Crippen molar-refractivity contribution in [3.63, 3.8) is 0 Å². The maximum atomic E-state index is 13.5. The molecule has 0 aliphatic carbocycles. The minimum Gasteiger partial charge on any atom is -0.283 e. The third kappa shape index (κ3) is 3.42. The fourth-order valence-electron chi connectivity index (χ4n) is 4.34. The molecule has 34 heavy (non-hydrogen) atoms. The first-order valence-electron chi connectivity index (χ1n) is 10.9. The van der Waals surface area contributed by atoms with Gasteiger partial charge in [0.05, 0.1) is 38.7 Å². The lowest BCUT2D eigenvalue weighted by atomic mass is 9.94. The first-order chi connectivity index (χ1) is 16.7. The Balaban J connectivity index is 1.53. The van der Waals surface area contributed by atoms with E-state index in [1.165, 1.54) is 0 Å². The smallest absolute Gasteiger partial charge is 0.263 e. The Kier molecular flexibility index (Phi) is 5.04. The molecule has 162 valence electrons. The van der Waals surface area contributed by atoms with Crippen LogP contribution in [0.15, 0.2) is 121 Å². The third-order valence-corrected chi connectivity index (χ3v) is 6.81. The monoisotopic (exact) mass is 503 g/mol. The lowest BCUT2D eigenvalue weighted by Gasteiger charge is -2.20. The van der Waals surface area contributed by atoms with Gasteiger partial charge < -0.3 is 0 Å². The number of fused-ring (bicyclic) bond motifs is 2. The van der Waals surface area contributed by atoms with Gasteiger partial charge in [0.1, 0.15) is 0 Å². The summed E-state index contributed by atoms with van der Waals surface area (Å²) in [6.07, 6.45) is 7.57. The van der Waals surface area contributed by atoms with Crippen molar-refractivity contribution in [2.75, 3.05) is 0 Å². The normalized spacial score (nSPS) is 16.7. The molecular formula is C29H18BrN3O. The number of aromatic nitrogens is 2. The molecule has 4 nitrogen and oxygen atoms in total. The Morgan fingerprint density at radius 2 is 1.38 bits per heavy atom. The van der Waals surface area contributed by atoms with Gasteiger partial charge in [-0.1, -0.05) is 72.8 Å². The zero-order valence-electron chi connectivity index (χ0n) is 18.0. The van der Waals surface area contributed by atoms with Crippen LogP contribution in [-0.4, -0.2) is 20.8 Å². The van der Waals surface area contributed by atoms with Crippen molar-refractivity contribution >= 4 is 48.5 Å². The summed E-state index contributed by atoms with van der Waals surface area (Å²) in [7, 11) is 0. The minimum atomic E-state index is -0.0341. The van der Waals surface area contributed by atoms with Gasteiger partial charge in [0.25, 0.3) is 5.91 Å². The Morgan fingerprint density at radius 3 is 2.09 bits per heavy atom. The number of para-hydroxylation sites is 2. The third-order valence-electron chi connectivity index (χ3n) is 5.95. The van der Waals surface area contributed by atoms with E-state index in [9.17, 15) is 4.79 Å². The van der Waals surface area contributed by atoms with E-state index in [0.717, 1.165) is 49.2 Å². The first kappa shape index (κ1) is 20.5. The van der Waals surface area contributed by atoms with Gasteiger partial charge in [0, 0.05) is 11.8 Å². The molecule has 0 atom stereocenters. The molecule has 3 heterocycles. The molecule has 0 radical (unpaired) electrons. The number of halogens is 1. The molecule has 2 aliphatic heterocycles. The van der Waals surface area contributed by atoms with Crippen molar-refractivity contribution in [2.24, 2.45) is 0 Å². The quantitative estimate of drug-likeness (QED) is 0.316. The molecule has 0 saturated heterocycles. The van der Waals surface area contributed by atoms with Gasteiger partial charge >= 0.3 is 0 Å². The summed E-state index contributed by atoms with van der Waals surface area (Å²) in [5.41, 5.74) is 7.71. The van der Waals surface area contributed by atoms with Gasteiger partial charge in [-0.15, -0.1) is 0 Å². The van der Waals surface area contributed by atoms with Gasteiger partial charge in [0.2, 0.25) is 0 Å². The topological polar surface area (TPSA) is 46.1 Å². The highest BCUT2D eigenvalue weighted by Gasteiger charge is 2.36. The lowest BCUT2D eigenvalue weighted by molar-refractivity contribution is -0.120. The highest BCUT2D eigenvalue weighted by Crippen LogP contribution is 2.44. The van der Waals surface area contributed by atoms with Crippen LogP contribution >= 0.6 is 15.9 Å². The van der Waals surface area contributed by atoms with Crippen molar-refractivity contribution in [1.29, 1.82) is 0 Å². The fourth-order valence-corrected chi connectivity index (χ4v) is 4.78. The summed E-state index contributed by atoms with van der Waals surface area (Å²) in [6.45, 7) is 0. The number of allylic oxidation sites excluding steroid dienone is 4. The molecule has 0 fully saturated rings. The second-order valence-corrected chi connectivity index (χ2v) is 8.81. The van der Waals surface area contributed by atoms with E-state index in [-0.39, 0.29) is 5.91 Å². The van der Waals surface area contributed by atoms with Crippen LogP contribution in [0.3, 0.4) is 0 Å². The molecule has 2 aliphatic rings. The van der Waals surface area contributed by atoms with Gasteiger partial charge in [-0.2, -0.15) is 0 Å². The van der Waals surface area contributed by atoms with Gasteiger partial charge in [-0.05, 0) is 56.9 Å². The Morgan fingerprint density at radius 1 is 0.765 bits per heavy atom. The highest BCUT2D eigenvalue weighted by atomic mass is 79.9. The van der Waals surface area contributed by atoms with Crippen LogP contribution in [0.1, 0.15) is 16.8 Å². The van der Waals surface area contributed by atoms with Gasteiger partial charge in [0.15, 0.2) is 0 Å². The zero-order valence-corrected chi connectivity index (χ0v) is 19.6. The van der Waals surface area contributed by atoms with Gasteiger partial charge in [-0.25, -0.2) is 4.98 Å². The Labute approximate surface area is 205 Å². The minimum absolute atomic E-state index is 0.0341. The number of nitrogens with zero attached hydrogens (tertiary/aromatic N) is 3. The molecule has 0 saturated carbocycles. The first-order valence-corrected chi connectivity index (χ1v) is 11.7. The Hall–Kier alpha value is -4.09. The largest absolute Gasteiger partial charge is 0.283 e. The van der Waals surface area contributed by atoms with Crippen LogP contribution in [0.4, 0.5) is 0 Å². The molecule has 0 N–H and O–H groups in total. The van der Waals surface area contributed by atoms with Crippen LogP contribution in [0.2, 0.25) is 0 Å². The molecule has 3 aromatic carbocycles. The standard InChI is InChI=1S/C29H18BrN3O/c30-28(24-18-31-22-13-7-8-14-23(22)32-24)21-15-16-33-25(17-21)26(19-9-3-1-4-10-19)27(29(33)34)20-11-5-2-6-12-20/h1-18H/b28-21+. The van der Waals surface area contributed by atoms with Crippen LogP contribution in [0.5, 0.6) is 0 Å². The maximum Gasteiger partial charge on any atom is 0.263 e. The average Bonchev–Trinajstić information content (AvgIpc) is 3.20. The van der Waals surface area contributed by atoms with E-state index >= 15 is 0 Å². The fraction of sp³-hybridized carbons (Fsp3) is 0. The highest BCUT2D eigenvalue weighted by molar-refractivity contribution is 9.15. The molecule has 0 unspecified atom stereocenters. The number of carbonyl (C=O) groups is 1. The predicted molar refractivity (Wildman–Crippen MR) is 139 cm³/mol. The van der Waals surface area contributed by atoms with E-state index in [1.54, 1.807) is 11.1 Å². The summed E-state index contributed by atoms with van der Waals surface area (Å²) in [5, 5.41) is 0. The van der Waals surface area contributed by atoms with Crippen molar-refractivity contribution in [1.82, 2.24) is 14.9 Å².